The molecule has 2 bridgehead atoms. The smallest absolute Gasteiger partial charge is 0.204 e. The summed E-state index contributed by atoms with van der Waals surface area (Å²) in [6.45, 7) is 0.704. The summed E-state index contributed by atoms with van der Waals surface area (Å²) in [4.78, 5) is 0. The van der Waals surface area contributed by atoms with E-state index in [-0.39, 0.29) is 6.10 Å². The molecule has 2 fully saturated rings. The molecule has 0 aliphatic carbocycles. The van der Waals surface area contributed by atoms with Gasteiger partial charge in [-0.1, -0.05) is 23.7 Å². The Balaban J connectivity index is 1.95. The van der Waals surface area contributed by atoms with E-state index in [1.165, 1.54) is 0 Å². The van der Waals surface area contributed by atoms with Crippen LogP contribution in [0.4, 0.5) is 0 Å². The second kappa shape index (κ2) is 3.67. The summed E-state index contributed by atoms with van der Waals surface area (Å²) in [5.41, 5.74) is 1.07. The van der Waals surface area contributed by atoms with Gasteiger partial charge >= 0.3 is 0 Å². The van der Waals surface area contributed by atoms with Crippen molar-refractivity contribution in [1.82, 2.24) is 0 Å². The summed E-state index contributed by atoms with van der Waals surface area (Å²) in [5, 5.41) is 0.744. The number of ether oxygens (including phenoxy) is 2. The molecule has 0 unspecified atom stereocenters. The Labute approximate surface area is 97.9 Å². The quantitative estimate of drug-likeness (QED) is 0.755. The molecule has 0 amide bonds. The van der Waals surface area contributed by atoms with Crippen LogP contribution >= 0.6 is 23.4 Å². The molecule has 0 saturated carbocycles. The van der Waals surface area contributed by atoms with Gasteiger partial charge in [0.25, 0.3) is 0 Å². The molecule has 2 heterocycles. The van der Waals surface area contributed by atoms with E-state index in [0.717, 1.165) is 22.1 Å². The predicted molar refractivity (Wildman–Crippen MR) is 61.3 cm³/mol. The lowest BCUT2D eigenvalue weighted by atomic mass is 10.1. The zero-order valence-electron chi connectivity index (χ0n) is 8.11. The van der Waals surface area contributed by atoms with Crippen LogP contribution in [0.1, 0.15) is 5.56 Å². The maximum Gasteiger partial charge on any atom is 0.204 e. The molecule has 2 nitrogen and oxygen atoms in total. The Kier molecular flexibility index (Phi) is 2.44. The van der Waals surface area contributed by atoms with Crippen molar-refractivity contribution in [3.8, 4) is 0 Å². The lowest BCUT2D eigenvalue weighted by molar-refractivity contribution is -0.158. The van der Waals surface area contributed by atoms with Gasteiger partial charge in [0.05, 0.1) is 18.5 Å². The first-order valence-corrected chi connectivity index (χ1v) is 6.47. The maximum atomic E-state index is 5.92. The molecule has 2 aliphatic heterocycles. The normalized spacial score (nSPS) is 34.3. The first-order valence-electron chi connectivity index (χ1n) is 4.94. The second-order valence-corrected chi connectivity index (χ2v) is 5.29. The number of thioether (sulfide) groups is 1. The van der Waals surface area contributed by atoms with Crippen LogP contribution in [-0.2, 0) is 15.3 Å². The van der Waals surface area contributed by atoms with Crippen molar-refractivity contribution in [2.75, 3.05) is 18.1 Å². The number of hydrogen-bond acceptors (Lipinski definition) is 3. The average Bonchev–Trinajstić information content (AvgIpc) is 2.56. The molecule has 0 aromatic heterocycles. The van der Waals surface area contributed by atoms with E-state index < -0.39 is 5.79 Å². The lowest BCUT2D eigenvalue weighted by Gasteiger charge is -2.31. The number of fused-ring (bicyclic) bond motifs is 2. The predicted octanol–water partition coefficient (Wildman–Crippen LogP) is 2.66. The van der Waals surface area contributed by atoms with Gasteiger partial charge in [-0.25, -0.2) is 0 Å². The highest BCUT2D eigenvalue weighted by atomic mass is 35.5. The molecule has 0 radical (unpaired) electrons. The van der Waals surface area contributed by atoms with Crippen LogP contribution in [0.25, 0.3) is 0 Å². The van der Waals surface area contributed by atoms with E-state index in [4.69, 9.17) is 21.1 Å². The number of rotatable bonds is 1. The van der Waals surface area contributed by atoms with Crippen LogP contribution in [0, 0.1) is 0 Å². The zero-order valence-corrected chi connectivity index (χ0v) is 9.68. The van der Waals surface area contributed by atoms with Gasteiger partial charge in [-0.05, 0) is 12.1 Å². The van der Waals surface area contributed by atoms with E-state index >= 15 is 0 Å². The summed E-state index contributed by atoms with van der Waals surface area (Å²) in [6.07, 6.45) is 0.249. The van der Waals surface area contributed by atoms with Crippen molar-refractivity contribution >= 4 is 23.4 Å². The molecule has 0 spiro atoms. The molecule has 3 rings (SSSR count). The highest BCUT2D eigenvalue weighted by Gasteiger charge is 2.46. The van der Waals surface area contributed by atoms with Crippen LogP contribution in [0.2, 0.25) is 5.02 Å². The molecule has 2 saturated heterocycles. The van der Waals surface area contributed by atoms with Gasteiger partial charge in [0.15, 0.2) is 0 Å². The fourth-order valence-electron chi connectivity index (χ4n) is 1.99. The van der Waals surface area contributed by atoms with Gasteiger partial charge in [0, 0.05) is 16.3 Å². The van der Waals surface area contributed by atoms with E-state index in [0.29, 0.717) is 6.61 Å². The average molecular weight is 243 g/mol. The third-order valence-electron chi connectivity index (χ3n) is 2.74. The molecular formula is C11H11ClO2S. The van der Waals surface area contributed by atoms with Crippen LogP contribution in [0.5, 0.6) is 0 Å². The van der Waals surface area contributed by atoms with E-state index in [1.807, 2.05) is 36.0 Å². The Bertz CT molecular complexity index is 363. The first-order chi connectivity index (χ1) is 7.28. The van der Waals surface area contributed by atoms with Crippen LogP contribution in [-0.4, -0.2) is 24.2 Å². The lowest BCUT2D eigenvalue weighted by Crippen LogP contribution is -2.35. The van der Waals surface area contributed by atoms with E-state index in [9.17, 15) is 0 Å². The van der Waals surface area contributed by atoms with Crippen LogP contribution < -0.4 is 0 Å². The summed E-state index contributed by atoms with van der Waals surface area (Å²) in [6, 6.07) is 7.73. The summed E-state index contributed by atoms with van der Waals surface area (Å²) in [5.74, 6) is 1.39. The summed E-state index contributed by atoms with van der Waals surface area (Å²) in [7, 11) is 0. The second-order valence-electron chi connectivity index (χ2n) is 3.83. The molecule has 4 heteroatoms. The molecular weight excluding hydrogens is 232 g/mol. The van der Waals surface area contributed by atoms with Gasteiger partial charge in [0.1, 0.15) is 0 Å². The van der Waals surface area contributed by atoms with Gasteiger partial charge < -0.3 is 9.47 Å². The largest absolute Gasteiger partial charge is 0.342 e. The summed E-state index contributed by atoms with van der Waals surface area (Å²) < 4.78 is 11.7. The standard InChI is InChI=1S/C11H11ClO2S/c12-9-3-1-8(2-4-9)11-7-15-6-10(14-11)5-13-11/h1-4,10H,5-7H2/t10-,11+/m1/s1. The number of hydrogen-bond donors (Lipinski definition) is 0. The minimum absolute atomic E-state index is 0.249. The van der Waals surface area contributed by atoms with Crippen molar-refractivity contribution in [2.45, 2.75) is 11.9 Å². The Morgan fingerprint density at radius 2 is 2.13 bits per heavy atom. The highest BCUT2D eigenvalue weighted by molar-refractivity contribution is 7.99. The Hall–Kier alpha value is -0.220. The van der Waals surface area contributed by atoms with Crippen molar-refractivity contribution in [2.24, 2.45) is 0 Å². The number of benzene rings is 1. The molecule has 2 aliphatic rings. The van der Waals surface area contributed by atoms with Gasteiger partial charge in [-0.15, -0.1) is 0 Å². The summed E-state index contributed by atoms with van der Waals surface area (Å²) >= 11 is 7.75. The zero-order chi connectivity index (χ0) is 10.3. The molecule has 0 N–H and O–H groups in total. The van der Waals surface area contributed by atoms with Crippen molar-refractivity contribution in [3.05, 3.63) is 34.9 Å². The monoisotopic (exact) mass is 242 g/mol. The van der Waals surface area contributed by atoms with Crippen LogP contribution in [0.3, 0.4) is 0 Å². The minimum atomic E-state index is -0.516. The fourth-order valence-corrected chi connectivity index (χ4v) is 3.24. The highest BCUT2D eigenvalue weighted by Crippen LogP contribution is 2.42. The van der Waals surface area contributed by atoms with Crippen molar-refractivity contribution in [1.29, 1.82) is 0 Å². The Morgan fingerprint density at radius 3 is 2.93 bits per heavy atom. The van der Waals surface area contributed by atoms with Crippen LogP contribution in [0.15, 0.2) is 24.3 Å². The van der Waals surface area contributed by atoms with Crippen molar-refractivity contribution < 1.29 is 9.47 Å². The van der Waals surface area contributed by atoms with E-state index in [2.05, 4.69) is 0 Å². The molecule has 1 aromatic carbocycles. The fraction of sp³-hybridized carbons (Fsp3) is 0.455. The molecule has 15 heavy (non-hydrogen) atoms. The van der Waals surface area contributed by atoms with Gasteiger partial charge in [0.2, 0.25) is 5.79 Å². The number of halogens is 1. The van der Waals surface area contributed by atoms with E-state index in [1.54, 1.807) is 0 Å². The maximum absolute atomic E-state index is 5.92. The Morgan fingerprint density at radius 1 is 1.33 bits per heavy atom. The minimum Gasteiger partial charge on any atom is -0.342 e. The topological polar surface area (TPSA) is 18.5 Å². The molecule has 1 aromatic rings. The van der Waals surface area contributed by atoms with Crippen molar-refractivity contribution in [3.63, 3.8) is 0 Å². The molecule has 2 atom stereocenters. The van der Waals surface area contributed by atoms with Gasteiger partial charge in [-0.2, -0.15) is 11.8 Å². The first kappa shape index (κ1) is 9.97. The van der Waals surface area contributed by atoms with Gasteiger partial charge in [-0.3, -0.25) is 0 Å². The SMILES string of the molecule is Clc1ccc([C@@]23CSC[C@@H](CO2)O3)cc1. The third kappa shape index (κ3) is 1.68. The molecule has 80 valence electrons. The third-order valence-corrected chi connectivity index (χ3v) is 4.18.